The largest absolute Gasteiger partial charge is 0.350 e. The third kappa shape index (κ3) is 8.96. The molecule has 0 aromatic heterocycles. The van der Waals surface area contributed by atoms with Gasteiger partial charge in [-0.05, 0) is 57.4 Å². The van der Waals surface area contributed by atoms with Crippen LogP contribution in [0.4, 0.5) is 14.5 Å². The molecular weight excluding hydrogens is 524 g/mol. The molecule has 0 unspecified atom stereocenters. The standard InChI is InChI=1S/C26H34ClF2N3O4S/c1-6-23(25(34)30-26(2,3)4)31(17-18-10-7-8-11-20(18)27)24(33)12-9-15-32(37(5,35)36)19-13-14-21(28)22(29)16-19/h7-8,10-11,13-14,16,23H,6,9,12,15,17H2,1-5H3,(H,30,34)/t23-/m0/s1. The van der Waals surface area contributed by atoms with Crippen LogP contribution in [0.3, 0.4) is 0 Å². The van der Waals surface area contributed by atoms with Crippen molar-refractivity contribution in [3.05, 3.63) is 64.7 Å². The third-order valence-corrected chi connectivity index (χ3v) is 7.09. The average Bonchev–Trinajstić information content (AvgIpc) is 2.77. The topological polar surface area (TPSA) is 86.8 Å². The SMILES string of the molecule is CC[C@@H](C(=O)NC(C)(C)C)N(Cc1ccccc1Cl)C(=O)CCCN(c1ccc(F)c(F)c1)S(C)(=O)=O. The number of hydrogen-bond acceptors (Lipinski definition) is 4. The molecule has 0 fully saturated rings. The molecule has 37 heavy (non-hydrogen) atoms. The van der Waals surface area contributed by atoms with E-state index in [2.05, 4.69) is 5.32 Å². The minimum Gasteiger partial charge on any atom is -0.350 e. The Morgan fingerprint density at radius 2 is 1.73 bits per heavy atom. The van der Waals surface area contributed by atoms with Gasteiger partial charge < -0.3 is 10.2 Å². The zero-order chi connectivity index (χ0) is 28.0. The molecule has 0 aliphatic carbocycles. The van der Waals surface area contributed by atoms with Crippen molar-refractivity contribution in [2.45, 2.75) is 65.1 Å². The number of anilines is 1. The van der Waals surface area contributed by atoms with Crippen LogP contribution in [0, 0.1) is 11.6 Å². The normalized spacial score (nSPS) is 12.6. The number of benzene rings is 2. The van der Waals surface area contributed by atoms with Crippen LogP contribution in [0.5, 0.6) is 0 Å². The molecule has 0 aliphatic heterocycles. The number of nitrogens with zero attached hydrogens (tertiary/aromatic N) is 2. The first-order valence-electron chi connectivity index (χ1n) is 11.9. The summed E-state index contributed by atoms with van der Waals surface area (Å²) >= 11 is 6.33. The highest BCUT2D eigenvalue weighted by Gasteiger charge is 2.31. The van der Waals surface area contributed by atoms with E-state index in [1.165, 1.54) is 4.90 Å². The summed E-state index contributed by atoms with van der Waals surface area (Å²) in [5.74, 6) is -2.95. The molecule has 1 atom stereocenters. The lowest BCUT2D eigenvalue weighted by Crippen LogP contribution is -2.53. The Hall–Kier alpha value is -2.72. The van der Waals surface area contributed by atoms with Crippen molar-refractivity contribution in [1.29, 1.82) is 0 Å². The van der Waals surface area contributed by atoms with Crippen molar-refractivity contribution in [3.63, 3.8) is 0 Å². The fraction of sp³-hybridized carbons (Fsp3) is 0.462. The van der Waals surface area contributed by atoms with Crippen molar-refractivity contribution in [2.75, 3.05) is 17.1 Å². The van der Waals surface area contributed by atoms with Gasteiger partial charge in [-0.1, -0.05) is 36.7 Å². The van der Waals surface area contributed by atoms with Crippen LogP contribution >= 0.6 is 11.6 Å². The second-order valence-corrected chi connectivity index (χ2v) is 12.1. The first kappa shape index (κ1) is 30.5. The van der Waals surface area contributed by atoms with Gasteiger partial charge in [0, 0.05) is 36.1 Å². The van der Waals surface area contributed by atoms with Gasteiger partial charge in [0.15, 0.2) is 11.6 Å². The summed E-state index contributed by atoms with van der Waals surface area (Å²) in [6, 6.07) is 9.04. The first-order chi connectivity index (χ1) is 17.1. The van der Waals surface area contributed by atoms with E-state index < -0.39 is 33.2 Å². The molecule has 0 heterocycles. The smallest absolute Gasteiger partial charge is 0.243 e. The third-order valence-electron chi connectivity index (χ3n) is 5.53. The van der Waals surface area contributed by atoms with Crippen LogP contribution < -0.4 is 9.62 Å². The quantitative estimate of drug-likeness (QED) is 0.426. The van der Waals surface area contributed by atoms with E-state index in [0.717, 1.165) is 28.8 Å². The molecule has 0 radical (unpaired) electrons. The fourth-order valence-corrected chi connectivity index (χ4v) is 4.98. The predicted molar refractivity (Wildman–Crippen MR) is 142 cm³/mol. The number of halogens is 3. The monoisotopic (exact) mass is 557 g/mol. The second-order valence-electron chi connectivity index (χ2n) is 9.81. The molecule has 11 heteroatoms. The molecule has 0 spiro atoms. The van der Waals surface area contributed by atoms with Crippen molar-refractivity contribution < 1.29 is 26.8 Å². The molecule has 0 bridgehead atoms. The Labute approximate surface area is 222 Å². The molecule has 2 amide bonds. The number of carbonyl (C=O) groups excluding carboxylic acids is 2. The Morgan fingerprint density at radius 3 is 2.27 bits per heavy atom. The molecule has 0 saturated heterocycles. The van der Waals surface area contributed by atoms with E-state index >= 15 is 0 Å². The predicted octanol–water partition coefficient (Wildman–Crippen LogP) is 4.89. The lowest BCUT2D eigenvalue weighted by molar-refractivity contribution is -0.142. The first-order valence-corrected chi connectivity index (χ1v) is 14.1. The summed E-state index contributed by atoms with van der Waals surface area (Å²) in [4.78, 5) is 27.9. The van der Waals surface area contributed by atoms with Crippen LogP contribution in [0.25, 0.3) is 0 Å². The second kappa shape index (κ2) is 12.7. The molecule has 2 aromatic rings. The van der Waals surface area contributed by atoms with Gasteiger partial charge in [-0.15, -0.1) is 0 Å². The summed E-state index contributed by atoms with van der Waals surface area (Å²) in [6.45, 7) is 7.28. The van der Waals surface area contributed by atoms with Gasteiger partial charge in [-0.2, -0.15) is 0 Å². The van der Waals surface area contributed by atoms with E-state index in [4.69, 9.17) is 11.6 Å². The highest BCUT2D eigenvalue weighted by molar-refractivity contribution is 7.92. The van der Waals surface area contributed by atoms with Gasteiger partial charge in [0.1, 0.15) is 6.04 Å². The molecule has 7 nitrogen and oxygen atoms in total. The van der Waals surface area contributed by atoms with Gasteiger partial charge in [0.2, 0.25) is 21.8 Å². The number of rotatable bonds is 11. The van der Waals surface area contributed by atoms with Gasteiger partial charge in [-0.25, -0.2) is 17.2 Å². The van der Waals surface area contributed by atoms with Crippen LogP contribution in [-0.4, -0.2) is 49.5 Å². The number of sulfonamides is 1. The number of carbonyl (C=O) groups is 2. The van der Waals surface area contributed by atoms with E-state index in [1.54, 1.807) is 31.2 Å². The summed E-state index contributed by atoms with van der Waals surface area (Å²) in [6.07, 6.45) is 1.30. The summed E-state index contributed by atoms with van der Waals surface area (Å²) < 4.78 is 52.7. The van der Waals surface area contributed by atoms with E-state index in [-0.39, 0.29) is 43.4 Å². The van der Waals surface area contributed by atoms with Crippen molar-refractivity contribution in [2.24, 2.45) is 0 Å². The molecule has 0 aliphatic rings. The van der Waals surface area contributed by atoms with Crippen LogP contribution in [0.15, 0.2) is 42.5 Å². The van der Waals surface area contributed by atoms with Gasteiger partial charge in [0.05, 0.1) is 11.9 Å². The number of nitrogens with one attached hydrogen (secondary N) is 1. The minimum absolute atomic E-state index is 0.0437. The number of amides is 2. The Balaban J connectivity index is 2.27. The van der Waals surface area contributed by atoms with Crippen LogP contribution in [-0.2, 0) is 26.2 Å². The van der Waals surface area contributed by atoms with Gasteiger partial charge in [-0.3, -0.25) is 13.9 Å². The molecule has 2 rings (SSSR count). The highest BCUT2D eigenvalue weighted by Crippen LogP contribution is 2.23. The van der Waals surface area contributed by atoms with E-state index in [1.807, 2.05) is 20.8 Å². The summed E-state index contributed by atoms with van der Waals surface area (Å²) in [5, 5.41) is 3.36. The molecular formula is C26H34ClF2N3O4S. The van der Waals surface area contributed by atoms with E-state index in [0.29, 0.717) is 17.0 Å². The zero-order valence-corrected chi connectivity index (χ0v) is 23.3. The maximum atomic E-state index is 13.7. The Kier molecular flexibility index (Phi) is 10.5. The van der Waals surface area contributed by atoms with E-state index in [9.17, 15) is 26.8 Å². The molecule has 2 aromatic carbocycles. The van der Waals surface area contributed by atoms with Crippen molar-refractivity contribution in [3.8, 4) is 0 Å². The maximum absolute atomic E-state index is 13.7. The minimum atomic E-state index is -3.84. The number of hydrogen-bond donors (Lipinski definition) is 1. The fourth-order valence-electron chi connectivity index (χ4n) is 3.83. The zero-order valence-electron chi connectivity index (χ0n) is 21.7. The molecule has 1 N–H and O–H groups in total. The van der Waals surface area contributed by atoms with Gasteiger partial charge in [0.25, 0.3) is 0 Å². The average molecular weight is 558 g/mol. The lowest BCUT2D eigenvalue weighted by atomic mass is 10.0. The molecule has 0 saturated carbocycles. The summed E-state index contributed by atoms with van der Waals surface area (Å²) in [5.41, 5.74) is 0.112. The summed E-state index contributed by atoms with van der Waals surface area (Å²) in [7, 11) is -3.84. The van der Waals surface area contributed by atoms with Gasteiger partial charge >= 0.3 is 0 Å². The highest BCUT2D eigenvalue weighted by atomic mass is 35.5. The Morgan fingerprint density at radius 1 is 1.08 bits per heavy atom. The lowest BCUT2D eigenvalue weighted by Gasteiger charge is -2.33. The van der Waals surface area contributed by atoms with Crippen molar-refractivity contribution in [1.82, 2.24) is 10.2 Å². The Bertz CT molecular complexity index is 1220. The molecule has 204 valence electrons. The van der Waals surface area contributed by atoms with Crippen molar-refractivity contribution >= 4 is 39.1 Å². The maximum Gasteiger partial charge on any atom is 0.243 e. The van der Waals surface area contributed by atoms with Crippen LogP contribution in [0.1, 0.15) is 52.5 Å². The van der Waals surface area contributed by atoms with Crippen LogP contribution in [0.2, 0.25) is 5.02 Å².